The highest BCUT2D eigenvalue weighted by Crippen LogP contribution is 2.35. The highest BCUT2D eigenvalue weighted by Gasteiger charge is 2.23. The number of carboxylic acid groups (broad SMARTS) is 1. The van der Waals surface area contributed by atoms with Crippen molar-refractivity contribution >= 4 is 46.3 Å². The highest BCUT2D eigenvalue weighted by molar-refractivity contribution is 8.00. The van der Waals surface area contributed by atoms with Crippen molar-refractivity contribution in [3.8, 4) is 10.6 Å². The van der Waals surface area contributed by atoms with E-state index in [9.17, 15) is 9.59 Å². The van der Waals surface area contributed by atoms with Gasteiger partial charge >= 0.3 is 5.97 Å². The number of carbonyl (C=O) groups is 2. The lowest BCUT2D eigenvalue weighted by Gasteiger charge is -2.26. The van der Waals surface area contributed by atoms with Gasteiger partial charge in [-0.3, -0.25) is 9.59 Å². The Labute approximate surface area is 146 Å². The predicted molar refractivity (Wildman–Crippen MR) is 94.2 cm³/mol. The van der Waals surface area contributed by atoms with E-state index < -0.39 is 5.97 Å². The zero-order valence-electron chi connectivity index (χ0n) is 12.6. The average Bonchev–Trinajstić information content (AvgIpc) is 3.11. The van der Waals surface area contributed by atoms with Crippen LogP contribution in [-0.2, 0) is 22.6 Å². The van der Waals surface area contributed by atoms with Crippen molar-refractivity contribution in [1.82, 2.24) is 9.88 Å². The molecule has 0 bridgehead atoms. The largest absolute Gasteiger partial charge is 0.481 e. The second-order valence-corrected chi connectivity index (χ2v) is 8.45. The molecule has 0 radical (unpaired) electrons. The first-order chi connectivity index (χ1) is 11.0. The maximum atomic E-state index is 12.2. The summed E-state index contributed by atoms with van der Waals surface area (Å²) in [6.45, 7) is 3.31. The molecule has 0 atom stereocenters. The Morgan fingerprint density at radius 1 is 1.43 bits per heavy atom. The number of carboxylic acids is 1. The van der Waals surface area contributed by atoms with Gasteiger partial charge in [0.15, 0.2) is 0 Å². The Morgan fingerprint density at radius 2 is 2.26 bits per heavy atom. The van der Waals surface area contributed by atoms with E-state index in [-0.39, 0.29) is 17.4 Å². The van der Waals surface area contributed by atoms with Gasteiger partial charge in [-0.15, -0.1) is 34.4 Å². The molecule has 0 aliphatic carbocycles. The third kappa shape index (κ3) is 3.94. The smallest absolute Gasteiger partial charge is 0.313 e. The summed E-state index contributed by atoms with van der Waals surface area (Å²) < 4.78 is 0. The Morgan fingerprint density at radius 3 is 2.96 bits per heavy atom. The third-order valence-corrected chi connectivity index (χ3v) is 6.48. The number of aliphatic carboxylic acids is 1. The van der Waals surface area contributed by atoms with Crippen molar-refractivity contribution in [2.45, 2.75) is 19.9 Å². The summed E-state index contributed by atoms with van der Waals surface area (Å²) >= 11 is 4.56. The fourth-order valence-corrected chi connectivity index (χ4v) is 4.91. The molecule has 1 amide bonds. The van der Waals surface area contributed by atoms with Crippen LogP contribution in [0.5, 0.6) is 0 Å². The van der Waals surface area contributed by atoms with Crippen molar-refractivity contribution in [3.63, 3.8) is 0 Å². The lowest BCUT2D eigenvalue weighted by atomic mass is 10.1. The van der Waals surface area contributed by atoms with E-state index >= 15 is 0 Å². The molecule has 0 saturated carbocycles. The molecule has 0 unspecified atom stereocenters. The maximum absolute atomic E-state index is 12.2. The van der Waals surface area contributed by atoms with E-state index in [4.69, 9.17) is 5.11 Å². The zero-order chi connectivity index (χ0) is 16.4. The molecular weight excluding hydrogens is 352 g/mol. The van der Waals surface area contributed by atoms with Crippen molar-refractivity contribution in [1.29, 1.82) is 0 Å². The number of thioether (sulfide) groups is 1. The summed E-state index contributed by atoms with van der Waals surface area (Å²) in [5.41, 5.74) is 2.21. The number of amides is 1. The van der Waals surface area contributed by atoms with Crippen LogP contribution in [-0.4, -0.2) is 44.9 Å². The number of aryl methyl sites for hydroxylation is 1. The van der Waals surface area contributed by atoms with Gasteiger partial charge in [0.25, 0.3) is 0 Å². The van der Waals surface area contributed by atoms with E-state index in [0.29, 0.717) is 13.1 Å². The summed E-state index contributed by atoms with van der Waals surface area (Å²) in [7, 11) is 0. The topological polar surface area (TPSA) is 70.5 Å². The van der Waals surface area contributed by atoms with Crippen molar-refractivity contribution in [2.75, 3.05) is 18.1 Å². The number of aromatic nitrogens is 1. The van der Waals surface area contributed by atoms with Gasteiger partial charge in [-0.2, -0.15) is 0 Å². The molecule has 1 aliphatic heterocycles. The van der Waals surface area contributed by atoms with Gasteiger partial charge in [0.05, 0.1) is 27.1 Å². The number of thiophene rings is 1. The average molecular weight is 369 g/mol. The summed E-state index contributed by atoms with van der Waals surface area (Å²) in [5.74, 6) is -0.676. The van der Waals surface area contributed by atoms with Crippen molar-refractivity contribution in [3.05, 3.63) is 26.9 Å². The SMILES string of the molecule is Cc1nc(-c2cc3c(s2)CCN(C(=O)CSCC(=O)O)C3)cs1. The van der Waals surface area contributed by atoms with E-state index in [2.05, 4.69) is 16.4 Å². The van der Waals surface area contributed by atoms with Crippen LogP contribution in [0, 0.1) is 6.92 Å². The number of rotatable bonds is 5. The van der Waals surface area contributed by atoms with Gasteiger partial charge in [0, 0.05) is 23.3 Å². The Kier molecular flexibility index (Phi) is 5.03. The van der Waals surface area contributed by atoms with Crippen LogP contribution in [0.1, 0.15) is 15.4 Å². The van der Waals surface area contributed by atoms with Crippen molar-refractivity contribution < 1.29 is 14.7 Å². The second-order valence-electron chi connectivity index (χ2n) is 5.26. The standard InChI is InChI=1S/C15H16N2O3S3/c1-9-16-11(6-22-9)13-4-10-5-17(3-2-12(10)23-13)14(18)7-21-8-15(19)20/h4,6H,2-3,5,7-8H2,1H3,(H,19,20). The first-order valence-electron chi connectivity index (χ1n) is 7.14. The van der Waals surface area contributed by atoms with Crippen LogP contribution in [0.4, 0.5) is 0 Å². The minimum atomic E-state index is -0.884. The fourth-order valence-electron chi connectivity index (χ4n) is 2.47. The van der Waals surface area contributed by atoms with Crippen LogP contribution < -0.4 is 0 Å². The van der Waals surface area contributed by atoms with E-state index in [1.165, 1.54) is 10.4 Å². The minimum absolute atomic E-state index is 0.0131. The first kappa shape index (κ1) is 16.5. The molecule has 1 N–H and O–H groups in total. The number of thiazole rings is 1. The molecule has 2 aromatic rings. The molecule has 0 spiro atoms. The molecule has 122 valence electrons. The van der Waals surface area contributed by atoms with Crippen LogP contribution in [0.25, 0.3) is 10.6 Å². The minimum Gasteiger partial charge on any atom is -0.481 e. The molecule has 0 aromatic carbocycles. The van der Waals surface area contributed by atoms with Gasteiger partial charge in [-0.1, -0.05) is 0 Å². The Hall–Kier alpha value is -1.38. The lowest BCUT2D eigenvalue weighted by molar-refractivity contribution is -0.133. The molecule has 1 aliphatic rings. The predicted octanol–water partition coefficient (Wildman–Crippen LogP) is 2.88. The van der Waals surface area contributed by atoms with Crippen LogP contribution >= 0.6 is 34.4 Å². The fraction of sp³-hybridized carbons (Fsp3) is 0.400. The highest BCUT2D eigenvalue weighted by atomic mass is 32.2. The second kappa shape index (κ2) is 7.02. The Bertz CT molecular complexity index is 738. The summed E-state index contributed by atoms with van der Waals surface area (Å²) in [6.07, 6.45) is 0.860. The number of hydrogen-bond acceptors (Lipinski definition) is 6. The zero-order valence-corrected chi connectivity index (χ0v) is 15.0. The molecule has 3 rings (SSSR count). The van der Waals surface area contributed by atoms with Gasteiger partial charge in [-0.05, 0) is 25.0 Å². The molecular formula is C15H16N2O3S3. The molecule has 5 nitrogen and oxygen atoms in total. The maximum Gasteiger partial charge on any atom is 0.313 e. The molecule has 23 heavy (non-hydrogen) atoms. The van der Waals surface area contributed by atoms with Gasteiger partial charge in [0.2, 0.25) is 5.91 Å². The summed E-state index contributed by atoms with van der Waals surface area (Å²) in [5, 5.41) is 11.8. The molecule has 0 fully saturated rings. The number of fused-ring (bicyclic) bond motifs is 1. The first-order valence-corrected chi connectivity index (χ1v) is 9.99. The van der Waals surface area contributed by atoms with Crippen LogP contribution in [0.15, 0.2) is 11.4 Å². The number of hydrogen-bond donors (Lipinski definition) is 1. The quantitative estimate of drug-likeness (QED) is 0.879. The van der Waals surface area contributed by atoms with E-state index in [1.807, 2.05) is 11.8 Å². The monoisotopic (exact) mass is 368 g/mol. The normalized spacial score (nSPS) is 13.9. The van der Waals surface area contributed by atoms with Gasteiger partial charge < -0.3 is 10.0 Å². The molecule has 2 aromatic heterocycles. The molecule has 8 heteroatoms. The van der Waals surface area contributed by atoms with E-state index in [1.54, 1.807) is 22.7 Å². The van der Waals surface area contributed by atoms with Gasteiger partial charge in [-0.25, -0.2) is 4.98 Å². The van der Waals surface area contributed by atoms with Gasteiger partial charge in [0.1, 0.15) is 0 Å². The van der Waals surface area contributed by atoms with Crippen LogP contribution in [0.3, 0.4) is 0 Å². The lowest BCUT2D eigenvalue weighted by Crippen LogP contribution is -2.36. The van der Waals surface area contributed by atoms with Crippen molar-refractivity contribution in [2.24, 2.45) is 0 Å². The Balaban J connectivity index is 1.65. The summed E-state index contributed by atoms with van der Waals surface area (Å²) in [4.78, 5) is 31.5. The molecule has 0 saturated heterocycles. The molecule has 3 heterocycles. The van der Waals surface area contributed by atoms with E-state index in [0.717, 1.165) is 33.8 Å². The number of nitrogens with zero attached hydrogens (tertiary/aromatic N) is 2. The summed E-state index contributed by atoms with van der Waals surface area (Å²) in [6, 6.07) is 2.14. The van der Waals surface area contributed by atoms with Crippen LogP contribution in [0.2, 0.25) is 0 Å². The number of carbonyl (C=O) groups excluding carboxylic acids is 1. The third-order valence-electron chi connectivity index (χ3n) is 3.54.